The van der Waals surface area contributed by atoms with Crippen molar-refractivity contribution in [3.63, 3.8) is 0 Å². The molecule has 0 spiro atoms. The monoisotopic (exact) mass is 450 g/mol. The lowest BCUT2D eigenvalue weighted by atomic mass is 9.86. The summed E-state index contributed by atoms with van der Waals surface area (Å²) in [6.45, 7) is 13.8. The van der Waals surface area contributed by atoms with Gasteiger partial charge in [-0.25, -0.2) is 0 Å². The van der Waals surface area contributed by atoms with Gasteiger partial charge in [-0.15, -0.1) is 0 Å². The molecule has 3 rings (SSSR count). The van der Waals surface area contributed by atoms with Crippen LogP contribution in [0.2, 0.25) is 0 Å². The molecule has 0 aromatic heterocycles. The number of hydrogen-bond donors (Lipinski definition) is 1. The minimum atomic E-state index is -0.0286. The number of anilines is 1. The molecule has 0 saturated heterocycles. The lowest BCUT2D eigenvalue weighted by molar-refractivity contribution is -0.121. The van der Waals surface area contributed by atoms with Crippen molar-refractivity contribution in [1.29, 1.82) is 0 Å². The number of carbonyl (C=O) groups excluding carboxylic acids is 1. The molecule has 2 aromatic carbocycles. The number of carbonyl (C=O) groups is 1. The zero-order valence-electron chi connectivity index (χ0n) is 21.2. The number of phenolic OH excluding ortho intramolecular Hbond substituents is 1. The van der Waals surface area contributed by atoms with E-state index in [2.05, 4.69) is 49.9 Å². The van der Waals surface area contributed by atoms with Crippen LogP contribution in [-0.2, 0) is 23.3 Å². The molecule has 1 N–H and O–H groups in total. The number of amides is 1. The Bertz CT molecular complexity index is 929. The van der Waals surface area contributed by atoms with Gasteiger partial charge in [0, 0.05) is 36.8 Å². The van der Waals surface area contributed by atoms with E-state index in [1.165, 1.54) is 24.0 Å². The lowest BCUT2D eigenvalue weighted by Gasteiger charge is -2.30. The Morgan fingerprint density at radius 1 is 0.970 bits per heavy atom. The maximum absolute atomic E-state index is 13.1. The van der Waals surface area contributed by atoms with Gasteiger partial charge < -0.3 is 10.0 Å². The molecule has 0 aliphatic carbocycles. The number of benzene rings is 2. The van der Waals surface area contributed by atoms with E-state index in [-0.39, 0.29) is 17.2 Å². The number of nitrogens with zero attached hydrogens (tertiary/aromatic N) is 2. The summed E-state index contributed by atoms with van der Waals surface area (Å²) in [6, 6.07) is 14.4. The van der Waals surface area contributed by atoms with E-state index in [4.69, 9.17) is 0 Å². The first-order valence-electron chi connectivity index (χ1n) is 12.6. The Kier molecular flexibility index (Phi) is 8.58. The summed E-state index contributed by atoms with van der Waals surface area (Å²) >= 11 is 0. The highest BCUT2D eigenvalue weighted by Crippen LogP contribution is 2.30. The summed E-state index contributed by atoms with van der Waals surface area (Å²) in [5.41, 5.74) is 4.46. The van der Waals surface area contributed by atoms with E-state index in [0.29, 0.717) is 12.3 Å². The minimum Gasteiger partial charge on any atom is -0.508 e. The minimum absolute atomic E-state index is 0.0286. The molecule has 0 unspecified atom stereocenters. The second kappa shape index (κ2) is 11.2. The summed E-state index contributed by atoms with van der Waals surface area (Å²) < 4.78 is 0. The molecule has 2 aromatic rings. The van der Waals surface area contributed by atoms with Gasteiger partial charge >= 0.3 is 0 Å². The standard InChI is InChI=1S/C29H42N2O2/c1-22(2)28(33)31-18-12-8-6-7-11-17-30(20-23-13-9-10-14-26(23)31)21-24-19-25(29(3,4)5)15-16-27(24)32/h9-10,13-16,19,22,32H,6-8,11-12,17-18,20-21H2,1-5H3. The third-order valence-corrected chi connectivity index (χ3v) is 6.63. The maximum atomic E-state index is 13.1. The molecule has 1 heterocycles. The van der Waals surface area contributed by atoms with Gasteiger partial charge in [-0.1, -0.05) is 84.2 Å². The van der Waals surface area contributed by atoms with Crippen molar-refractivity contribution in [2.75, 3.05) is 18.0 Å². The largest absolute Gasteiger partial charge is 0.508 e. The van der Waals surface area contributed by atoms with Crippen molar-refractivity contribution in [3.05, 3.63) is 59.2 Å². The van der Waals surface area contributed by atoms with Crippen LogP contribution < -0.4 is 4.90 Å². The smallest absolute Gasteiger partial charge is 0.229 e. The van der Waals surface area contributed by atoms with Crippen LogP contribution in [0.4, 0.5) is 5.69 Å². The van der Waals surface area contributed by atoms with Gasteiger partial charge in [0.1, 0.15) is 5.75 Å². The Morgan fingerprint density at radius 3 is 2.33 bits per heavy atom. The third-order valence-electron chi connectivity index (χ3n) is 6.63. The molecule has 33 heavy (non-hydrogen) atoms. The van der Waals surface area contributed by atoms with E-state index in [9.17, 15) is 9.90 Å². The van der Waals surface area contributed by atoms with E-state index in [0.717, 1.165) is 50.1 Å². The molecule has 0 atom stereocenters. The summed E-state index contributed by atoms with van der Waals surface area (Å²) in [7, 11) is 0. The van der Waals surface area contributed by atoms with Crippen LogP contribution in [0.15, 0.2) is 42.5 Å². The van der Waals surface area contributed by atoms with Crippen LogP contribution in [0.25, 0.3) is 0 Å². The molecule has 1 aliphatic rings. The second-order valence-electron chi connectivity index (χ2n) is 10.8. The summed E-state index contributed by atoms with van der Waals surface area (Å²) in [4.78, 5) is 17.5. The molecular formula is C29H42N2O2. The summed E-state index contributed by atoms with van der Waals surface area (Å²) in [6.07, 6.45) is 5.74. The van der Waals surface area contributed by atoms with E-state index in [1.54, 1.807) is 0 Å². The van der Waals surface area contributed by atoms with E-state index < -0.39 is 0 Å². The lowest BCUT2D eigenvalue weighted by Crippen LogP contribution is -2.36. The second-order valence-corrected chi connectivity index (χ2v) is 10.8. The fourth-order valence-electron chi connectivity index (χ4n) is 4.58. The maximum Gasteiger partial charge on any atom is 0.229 e. The number of phenols is 1. The van der Waals surface area contributed by atoms with Crippen molar-refractivity contribution in [2.45, 2.75) is 85.2 Å². The van der Waals surface area contributed by atoms with Gasteiger partial charge in [0.05, 0.1) is 0 Å². The van der Waals surface area contributed by atoms with Crippen LogP contribution in [0.5, 0.6) is 5.75 Å². The number of fused-ring (bicyclic) bond motifs is 1. The van der Waals surface area contributed by atoms with Crippen molar-refractivity contribution >= 4 is 11.6 Å². The number of rotatable bonds is 3. The molecule has 0 radical (unpaired) electrons. The Labute approximate surface area is 200 Å². The van der Waals surface area contributed by atoms with E-state index in [1.807, 2.05) is 36.9 Å². The predicted molar refractivity (Wildman–Crippen MR) is 138 cm³/mol. The van der Waals surface area contributed by atoms with Crippen LogP contribution in [0.1, 0.15) is 83.4 Å². The number of aromatic hydroxyl groups is 1. The van der Waals surface area contributed by atoms with Crippen molar-refractivity contribution in [2.24, 2.45) is 5.92 Å². The molecule has 4 nitrogen and oxygen atoms in total. The average molecular weight is 451 g/mol. The molecule has 1 amide bonds. The first-order chi connectivity index (χ1) is 15.7. The fourth-order valence-corrected chi connectivity index (χ4v) is 4.58. The Morgan fingerprint density at radius 2 is 1.64 bits per heavy atom. The SMILES string of the molecule is CC(C)C(=O)N1CCCCCCCN(Cc2cc(C(C)(C)C)ccc2O)Cc2ccccc21. The van der Waals surface area contributed by atoms with E-state index >= 15 is 0 Å². The highest BCUT2D eigenvalue weighted by Gasteiger charge is 2.23. The first-order valence-corrected chi connectivity index (χ1v) is 12.6. The molecule has 0 saturated carbocycles. The predicted octanol–water partition coefficient (Wildman–Crippen LogP) is 6.65. The Hall–Kier alpha value is -2.33. The van der Waals surface area contributed by atoms with Crippen molar-refractivity contribution < 1.29 is 9.90 Å². The quantitative estimate of drug-likeness (QED) is 0.570. The van der Waals surface area contributed by atoms with Gasteiger partial charge in [0.15, 0.2) is 0 Å². The highest BCUT2D eigenvalue weighted by atomic mass is 16.3. The molecular weight excluding hydrogens is 408 g/mol. The fraction of sp³-hybridized carbons (Fsp3) is 0.552. The average Bonchev–Trinajstić information content (AvgIpc) is 2.75. The summed E-state index contributed by atoms with van der Waals surface area (Å²) in [5.74, 6) is 0.528. The molecule has 0 fully saturated rings. The van der Waals surface area contributed by atoms with Gasteiger partial charge in [0.25, 0.3) is 0 Å². The Balaban J connectivity index is 1.94. The number of para-hydroxylation sites is 1. The molecule has 4 heteroatoms. The zero-order chi connectivity index (χ0) is 24.0. The van der Waals surface area contributed by atoms with Crippen LogP contribution >= 0.6 is 0 Å². The molecule has 180 valence electrons. The summed E-state index contributed by atoms with van der Waals surface area (Å²) in [5, 5.41) is 10.6. The first kappa shape index (κ1) is 25.3. The van der Waals surface area contributed by atoms with Gasteiger partial charge in [-0.2, -0.15) is 0 Å². The van der Waals surface area contributed by atoms with Crippen molar-refractivity contribution in [3.8, 4) is 5.75 Å². The van der Waals surface area contributed by atoms with Crippen LogP contribution in [-0.4, -0.2) is 29.0 Å². The molecule has 1 aliphatic heterocycles. The van der Waals surface area contributed by atoms with Gasteiger partial charge in [0.2, 0.25) is 5.91 Å². The highest BCUT2D eigenvalue weighted by molar-refractivity contribution is 5.95. The van der Waals surface area contributed by atoms with Crippen molar-refractivity contribution in [1.82, 2.24) is 4.90 Å². The normalized spacial score (nSPS) is 16.7. The third kappa shape index (κ3) is 6.83. The topological polar surface area (TPSA) is 43.8 Å². The number of hydrogen-bond acceptors (Lipinski definition) is 3. The van der Waals surface area contributed by atoms with Gasteiger partial charge in [-0.3, -0.25) is 9.69 Å². The van der Waals surface area contributed by atoms with Crippen LogP contribution in [0.3, 0.4) is 0 Å². The van der Waals surface area contributed by atoms with Gasteiger partial charge in [-0.05, 0) is 48.1 Å². The van der Waals surface area contributed by atoms with Crippen LogP contribution in [0, 0.1) is 5.92 Å². The molecule has 0 bridgehead atoms. The zero-order valence-corrected chi connectivity index (χ0v) is 21.2.